The molecule has 1 atom stereocenters. The van der Waals surface area contributed by atoms with Crippen molar-refractivity contribution in [2.75, 3.05) is 16.8 Å². The Labute approximate surface area is 193 Å². The lowest BCUT2D eigenvalue weighted by Crippen LogP contribution is -2.45. The minimum Gasteiger partial charge on any atom is -0.467 e. The van der Waals surface area contributed by atoms with Crippen molar-refractivity contribution in [2.45, 2.75) is 23.9 Å². The number of thioether (sulfide) groups is 1. The first kappa shape index (κ1) is 21.0. The Morgan fingerprint density at radius 1 is 1.18 bits per heavy atom. The molecule has 9 nitrogen and oxygen atoms in total. The Morgan fingerprint density at radius 2 is 2.06 bits per heavy atom. The molecule has 4 aromatic rings. The molecule has 0 saturated heterocycles. The van der Waals surface area contributed by atoms with E-state index in [2.05, 4.69) is 20.5 Å². The number of hydrogen-bond acceptors (Lipinski definition) is 7. The number of para-hydroxylation sites is 2. The van der Waals surface area contributed by atoms with E-state index in [1.807, 2.05) is 47.0 Å². The molecule has 0 radical (unpaired) electrons. The van der Waals surface area contributed by atoms with Gasteiger partial charge in [-0.25, -0.2) is 0 Å². The zero-order valence-electron chi connectivity index (χ0n) is 17.7. The normalized spacial score (nSPS) is 14.0. The number of furan rings is 1. The number of amides is 2. The summed E-state index contributed by atoms with van der Waals surface area (Å²) in [6.45, 7) is 2.18. The number of carbonyl (C=O) groups excluding carboxylic acids is 2. The summed E-state index contributed by atoms with van der Waals surface area (Å²) >= 11 is 1.29. The summed E-state index contributed by atoms with van der Waals surface area (Å²) < 4.78 is 7.43. The van der Waals surface area contributed by atoms with Crippen LogP contribution in [0.4, 0.5) is 11.4 Å². The summed E-state index contributed by atoms with van der Waals surface area (Å²) in [4.78, 5) is 31.2. The van der Waals surface area contributed by atoms with Gasteiger partial charge < -0.3 is 9.73 Å². The average Bonchev–Trinajstić information content (AvgIpc) is 3.49. The van der Waals surface area contributed by atoms with Gasteiger partial charge in [0.15, 0.2) is 11.0 Å². The van der Waals surface area contributed by atoms with Crippen molar-refractivity contribution in [1.29, 1.82) is 0 Å². The number of pyridine rings is 1. The summed E-state index contributed by atoms with van der Waals surface area (Å²) in [5.41, 5.74) is 2.12. The molecule has 0 unspecified atom stereocenters. The highest BCUT2D eigenvalue weighted by Crippen LogP contribution is 2.33. The van der Waals surface area contributed by atoms with E-state index in [1.54, 1.807) is 31.6 Å². The highest BCUT2D eigenvalue weighted by atomic mass is 32.2. The van der Waals surface area contributed by atoms with E-state index < -0.39 is 5.25 Å². The maximum absolute atomic E-state index is 13.4. The van der Waals surface area contributed by atoms with Gasteiger partial charge in [0.25, 0.3) is 0 Å². The van der Waals surface area contributed by atoms with Crippen LogP contribution in [0.1, 0.15) is 12.7 Å². The SMILES string of the molecule is C[C@H](Sc1nnc(-c2cccnc2)n1Cc1ccco1)C(=O)N1CC(=O)Nc2ccccc21. The smallest absolute Gasteiger partial charge is 0.244 e. The number of hydrogen-bond donors (Lipinski definition) is 1. The largest absolute Gasteiger partial charge is 0.467 e. The zero-order valence-corrected chi connectivity index (χ0v) is 18.5. The standard InChI is InChI=1S/C23H20N6O3S/c1-15(22(31)28-14-20(30)25-18-8-2-3-9-19(18)28)33-23-27-26-21(16-6-4-10-24-12-16)29(23)13-17-7-5-11-32-17/h2-12,15H,13-14H2,1H3,(H,25,30)/t15-/m0/s1. The molecule has 3 aromatic heterocycles. The van der Waals surface area contributed by atoms with E-state index in [1.165, 1.54) is 16.7 Å². The monoisotopic (exact) mass is 460 g/mol. The molecule has 2 amide bonds. The molecule has 1 N–H and O–H groups in total. The zero-order chi connectivity index (χ0) is 22.8. The average molecular weight is 461 g/mol. The summed E-state index contributed by atoms with van der Waals surface area (Å²) in [6, 6.07) is 14.7. The quantitative estimate of drug-likeness (QED) is 0.439. The van der Waals surface area contributed by atoms with Crippen molar-refractivity contribution < 1.29 is 14.0 Å². The van der Waals surface area contributed by atoms with Gasteiger partial charge in [0.05, 0.1) is 29.4 Å². The molecule has 1 aliphatic heterocycles. The van der Waals surface area contributed by atoms with Crippen LogP contribution in [0.3, 0.4) is 0 Å². The third-order valence-electron chi connectivity index (χ3n) is 5.20. The fraction of sp³-hybridized carbons (Fsp3) is 0.174. The number of nitrogens with one attached hydrogen (secondary N) is 1. The van der Waals surface area contributed by atoms with Crippen LogP contribution in [-0.2, 0) is 16.1 Å². The third kappa shape index (κ3) is 4.24. The minimum absolute atomic E-state index is 0.0270. The second-order valence-corrected chi connectivity index (χ2v) is 8.77. The molecular formula is C23H20N6O3S. The second-order valence-electron chi connectivity index (χ2n) is 7.46. The molecule has 166 valence electrons. The Bertz CT molecular complexity index is 1290. The Hall–Kier alpha value is -3.92. The van der Waals surface area contributed by atoms with E-state index >= 15 is 0 Å². The van der Waals surface area contributed by atoms with Crippen molar-refractivity contribution in [3.63, 3.8) is 0 Å². The van der Waals surface area contributed by atoms with Crippen LogP contribution in [0.25, 0.3) is 11.4 Å². The molecule has 0 spiro atoms. The van der Waals surface area contributed by atoms with Crippen molar-refractivity contribution in [3.8, 4) is 11.4 Å². The van der Waals surface area contributed by atoms with Crippen LogP contribution in [0.5, 0.6) is 0 Å². The highest BCUT2D eigenvalue weighted by Gasteiger charge is 2.31. The van der Waals surface area contributed by atoms with E-state index in [9.17, 15) is 9.59 Å². The first-order valence-electron chi connectivity index (χ1n) is 10.3. The van der Waals surface area contributed by atoms with Crippen molar-refractivity contribution >= 4 is 35.0 Å². The van der Waals surface area contributed by atoms with Crippen LogP contribution in [0.15, 0.2) is 76.8 Å². The Balaban J connectivity index is 1.44. The fourth-order valence-corrected chi connectivity index (χ4v) is 4.55. The predicted octanol–water partition coefficient (Wildman–Crippen LogP) is 3.45. The summed E-state index contributed by atoms with van der Waals surface area (Å²) in [5, 5.41) is 11.6. The van der Waals surface area contributed by atoms with Gasteiger partial charge in [-0.2, -0.15) is 0 Å². The first-order valence-corrected chi connectivity index (χ1v) is 11.2. The fourth-order valence-electron chi connectivity index (χ4n) is 3.64. The molecule has 10 heteroatoms. The van der Waals surface area contributed by atoms with Crippen LogP contribution in [0.2, 0.25) is 0 Å². The van der Waals surface area contributed by atoms with Gasteiger partial charge in [0.2, 0.25) is 11.8 Å². The lowest BCUT2D eigenvalue weighted by atomic mass is 10.2. The Morgan fingerprint density at radius 3 is 2.85 bits per heavy atom. The van der Waals surface area contributed by atoms with E-state index in [0.29, 0.717) is 28.9 Å². The second kappa shape index (κ2) is 8.91. The van der Waals surface area contributed by atoms with Crippen LogP contribution >= 0.6 is 11.8 Å². The number of benzene rings is 1. The van der Waals surface area contributed by atoms with E-state index in [4.69, 9.17) is 4.42 Å². The van der Waals surface area contributed by atoms with Crippen molar-refractivity contribution in [2.24, 2.45) is 0 Å². The molecule has 1 aliphatic rings. The minimum atomic E-state index is -0.509. The number of nitrogens with zero attached hydrogens (tertiary/aromatic N) is 5. The van der Waals surface area contributed by atoms with Crippen LogP contribution in [-0.4, -0.2) is 43.4 Å². The Kier molecular flexibility index (Phi) is 5.66. The lowest BCUT2D eigenvalue weighted by Gasteiger charge is -2.30. The molecule has 0 aliphatic carbocycles. The predicted molar refractivity (Wildman–Crippen MR) is 124 cm³/mol. The lowest BCUT2D eigenvalue weighted by molar-refractivity contribution is -0.121. The van der Waals surface area contributed by atoms with Gasteiger partial charge in [-0.05, 0) is 43.3 Å². The molecule has 0 bridgehead atoms. The molecule has 4 heterocycles. The van der Waals surface area contributed by atoms with Gasteiger partial charge >= 0.3 is 0 Å². The number of anilines is 2. The summed E-state index contributed by atoms with van der Waals surface area (Å²) in [5.74, 6) is 0.962. The van der Waals surface area contributed by atoms with Gasteiger partial charge in [0.1, 0.15) is 12.3 Å². The first-order chi connectivity index (χ1) is 16.1. The van der Waals surface area contributed by atoms with Crippen LogP contribution in [0, 0.1) is 0 Å². The van der Waals surface area contributed by atoms with Gasteiger partial charge in [-0.3, -0.25) is 24.0 Å². The molecule has 0 fully saturated rings. The summed E-state index contributed by atoms with van der Waals surface area (Å²) in [6.07, 6.45) is 5.02. The number of carbonyl (C=O) groups is 2. The highest BCUT2D eigenvalue weighted by molar-refractivity contribution is 8.00. The molecule has 33 heavy (non-hydrogen) atoms. The number of fused-ring (bicyclic) bond motifs is 1. The van der Waals surface area contributed by atoms with Crippen molar-refractivity contribution in [3.05, 3.63) is 72.9 Å². The maximum atomic E-state index is 13.4. The van der Waals surface area contributed by atoms with Crippen molar-refractivity contribution in [1.82, 2.24) is 19.7 Å². The third-order valence-corrected chi connectivity index (χ3v) is 6.27. The maximum Gasteiger partial charge on any atom is 0.244 e. The van der Waals surface area contributed by atoms with Gasteiger partial charge in [-0.15, -0.1) is 10.2 Å². The van der Waals surface area contributed by atoms with Gasteiger partial charge in [-0.1, -0.05) is 23.9 Å². The topological polar surface area (TPSA) is 106 Å². The van der Waals surface area contributed by atoms with Crippen LogP contribution < -0.4 is 10.2 Å². The summed E-state index contributed by atoms with van der Waals surface area (Å²) in [7, 11) is 0. The van der Waals surface area contributed by atoms with E-state index in [-0.39, 0.29) is 18.4 Å². The van der Waals surface area contributed by atoms with Gasteiger partial charge in [0, 0.05) is 18.0 Å². The molecule has 0 saturated carbocycles. The number of aromatic nitrogens is 4. The molecular weight excluding hydrogens is 440 g/mol. The van der Waals surface area contributed by atoms with E-state index in [0.717, 1.165) is 11.3 Å². The number of rotatable bonds is 6. The molecule has 5 rings (SSSR count). The molecule has 1 aromatic carbocycles.